The molecule has 0 amide bonds. The molecule has 0 heterocycles. The van der Waals surface area contributed by atoms with Crippen molar-refractivity contribution < 1.29 is 23.8 Å². The van der Waals surface area contributed by atoms with Gasteiger partial charge < -0.3 is 14.6 Å². The number of hydrogen-bond donors (Lipinski definition) is 1. The van der Waals surface area contributed by atoms with E-state index in [1.807, 2.05) is 0 Å². The highest BCUT2D eigenvalue weighted by atomic mass is 19.1. The van der Waals surface area contributed by atoms with E-state index in [9.17, 15) is 14.3 Å². The highest BCUT2D eigenvalue weighted by molar-refractivity contribution is 5.71. The Kier molecular flexibility index (Phi) is 4.90. The Morgan fingerprint density at radius 1 is 1.53 bits per heavy atom. The predicted molar refractivity (Wildman–Crippen MR) is 59.2 cm³/mol. The fourth-order valence-corrected chi connectivity index (χ4v) is 1.32. The second-order valence-corrected chi connectivity index (χ2v) is 3.45. The Labute approximate surface area is 99.0 Å². The number of halogens is 1. The van der Waals surface area contributed by atoms with Crippen molar-refractivity contribution in [1.82, 2.24) is 0 Å². The maximum Gasteiger partial charge on any atom is 0.344 e. The van der Waals surface area contributed by atoms with Gasteiger partial charge in [-0.05, 0) is 26.0 Å². The molecule has 0 aliphatic heterocycles. The van der Waals surface area contributed by atoms with Crippen molar-refractivity contribution in [1.29, 1.82) is 0 Å². The summed E-state index contributed by atoms with van der Waals surface area (Å²) in [6.07, 6.45) is -0.798. The van der Waals surface area contributed by atoms with Crippen LogP contribution >= 0.6 is 0 Å². The average Bonchev–Trinajstić information content (AvgIpc) is 2.26. The van der Waals surface area contributed by atoms with E-state index in [-0.39, 0.29) is 19.0 Å². The third-order valence-electron chi connectivity index (χ3n) is 2.08. The van der Waals surface area contributed by atoms with Crippen molar-refractivity contribution >= 4 is 5.97 Å². The highest BCUT2D eigenvalue weighted by Gasteiger charge is 2.12. The van der Waals surface area contributed by atoms with E-state index in [4.69, 9.17) is 4.74 Å². The molecular weight excluding hydrogens is 227 g/mol. The molecule has 17 heavy (non-hydrogen) atoms. The molecule has 0 aliphatic rings. The van der Waals surface area contributed by atoms with E-state index >= 15 is 0 Å². The van der Waals surface area contributed by atoms with Crippen LogP contribution in [-0.4, -0.2) is 24.3 Å². The van der Waals surface area contributed by atoms with E-state index in [1.54, 1.807) is 6.92 Å². The summed E-state index contributed by atoms with van der Waals surface area (Å²) in [5.41, 5.74) is 0.427. The minimum Gasteiger partial charge on any atom is -0.481 e. The number of carbonyl (C=O) groups is 1. The quantitative estimate of drug-likeness (QED) is 0.800. The number of benzene rings is 1. The average molecular weight is 242 g/mol. The van der Waals surface area contributed by atoms with Crippen LogP contribution in [-0.2, 0) is 9.53 Å². The minimum atomic E-state index is -0.798. The Morgan fingerprint density at radius 2 is 2.24 bits per heavy atom. The molecule has 0 fully saturated rings. The smallest absolute Gasteiger partial charge is 0.344 e. The van der Waals surface area contributed by atoms with Gasteiger partial charge in [0.2, 0.25) is 0 Å². The van der Waals surface area contributed by atoms with Crippen molar-refractivity contribution in [2.45, 2.75) is 20.0 Å². The van der Waals surface area contributed by atoms with Crippen LogP contribution in [0, 0.1) is 5.82 Å². The molecule has 0 unspecified atom stereocenters. The first-order valence-corrected chi connectivity index (χ1v) is 5.30. The van der Waals surface area contributed by atoms with Gasteiger partial charge in [-0.2, -0.15) is 0 Å². The van der Waals surface area contributed by atoms with Gasteiger partial charge in [0.25, 0.3) is 0 Å². The van der Waals surface area contributed by atoms with Gasteiger partial charge in [0.15, 0.2) is 6.61 Å². The molecule has 0 aromatic heterocycles. The molecule has 1 N–H and O–H groups in total. The van der Waals surface area contributed by atoms with Gasteiger partial charge in [-0.3, -0.25) is 0 Å². The van der Waals surface area contributed by atoms with Crippen LogP contribution in [0.1, 0.15) is 25.5 Å². The maximum absolute atomic E-state index is 13.0. The summed E-state index contributed by atoms with van der Waals surface area (Å²) in [6.45, 7) is 3.16. The molecule has 1 rings (SSSR count). The monoisotopic (exact) mass is 242 g/mol. The number of carbonyl (C=O) groups excluding carboxylic acids is 1. The standard InChI is InChI=1S/C12H15FO4/c1-3-16-12(15)7-17-11-6-9(13)4-5-10(11)8(2)14/h4-6,8,14H,3,7H2,1-2H3/t8-/m0/s1. The third-order valence-corrected chi connectivity index (χ3v) is 2.08. The van der Waals surface area contributed by atoms with Crippen LogP contribution in [0.4, 0.5) is 4.39 Å². The predicted octanol–water partition coefficient (Wildman–Crippen LogP) is 1.82. The lowest BCUT2D eigenvalue weighted by molar-refractivity contribution is -0.145. The van der Waals surface area contributed by atoms with Crippen LogP contribution in [0.5, 0.6) is 5.75 Å². The summed E-state index contributed by atoms with van der Waals surface area (Å²) in [6, 6.07) is 3.76. The van der Waals surface area contributed by atoms with Crippen LogP contribution in [0.25, 0.3) is 0 Å². The summed E-state index contributed by atoms with van der Waals surface area (Å²) in [5, 5.41) is 9.45. The molecule has 0 saturated heterocycles. The first-order valence-electron chi connectivity index (χ1n) is 5.30. The largest absolute Gasteiger partial charge is 0.481 e. The minimum absolute atomic E-state index is 0.146. The van der Waals surface area contributed by atoms with Crippen molar-refractivity contribution in [2.24, 2.45) is 0 Å². The Hall–Kier alpha value is -1.62. The summed E-state index contributed by atoms with van der Waals surface area (Å²) in [7, 11) is 0. The lowest BCUT2D eigenvalue weighted by Crippen LogP contribution is -2.15. The van der Waals surface area contributed by atoms with Gasteiger partial charge in [-0.25, -0.2) is 9.18 Å². The van der Waals surface area contributed by atoms with Crippen LogP contribution in [0.15, 0.2) is 18.2 Å². The van der Waals surface area contributed by atoms with E-state index in [0.717, 1.165) is 6.07 Å². The van der Waals surface area contributed by atoms with Crippen LogP contribution in [0.3, 0.4) is 0 Å². The molecule has 0 bridgehead atoms. The molecule has 1 atom stereocenters. The second-order valence-electron chi connectivity index (χ2n) is 3.45. The number of hydrogen-bond acceptors (Lipinski definition) is 4. The van der Waals surface area contributed by atoms with Crippen molar-refractivity contribution in [3.8, 4) is 5.75 Å². The lowest BCUT2D eigenvalue weighted by atomic mass is 10.1. The number of rotatable bonds is 5. The van der Waals surface area contributed by atoms with Gasteiger partial charge in [0.05, 0.1) is 12.7 Å². The molecule has 0 saturated carbocycles. The zero-order valence-electron chi connectivity index (χ0n) is 9.77. The van der Waals surface area contributed by atoms with Crippen molar-refractivity contribution in [2.75, 3.05) is 13.2 Å². The first-order chi connectivity index (χ1) is 8.04. The second kappa shape index (κ2) is 6.20. The zero-order chi connectivity index (χ0) is 12.8. The Bertz CT molecular complexity index is 390. The zero-order valence-corrected chi connectivity index (χ0v) is 9.77. The molecule has 4 nitrogen and oxygen atoms in total. The number of aliphatic hydroxyl groups is 1. The van der Waals surface area contributed by atoms with Crippen molar-refractivity contribution in [3.05, 3.63) is 29.6 Å². The first kappa shape index (κ1) is 13.4. The number of esters is 1. The fourth-order valence-electron chi connectivity index (χ4n) is 1.32. The third kappa shape index (κ3) is 4.03. The van der Waals surface area contributed by atoms with E-state index in [2.05, 4.69) is 4.74 Å². The van der Waals surface area contributed by atoms with Gasteiger partial charge in [0, 0.05) is 11.6 Å². The molecule has 94 valence electrons. The Morgan fingerprint density at radius 3 is 2.82 bits per heavy atom. The fraction of sp³-hybridized carbons (Fsp3) is 0.417. The normalized spacial score (nSPS) is 12.0. The van der Waals surface area contributed by atoms with E-state index in [1.165, 1.54) is 19.1 Å². The molecule has 0 spiro atoms. The van der Waals surface area contributed by atoms with Gasteiger partial charge in [-0.15, -0.1) is 0 Å². The molecule has 1 aromatic carbocycles. The Balaban J connectivity index is 2.75. The number of aliphatic hydroxyl groups excluding tert-OH is 1. The van der Waals surface area contributed by atoms with Crippen LogP contribution in [0.2, 0.25) is 0 Å². The number of ether oxygens (including phenoxy) is 2. The van der Waals surface area contributed by atoms with E-state index in [0.29, 0.717) is 5.56 Å². The summed E-state index contributed by atoms with van der Waals surface area (Å²) >= 11 is 0. The summed E-state index contributed by atoms with van der Waals surface area (Å²) in [4.78, 5) is 11.1. The molecule has 1 aromatic rings. The molecular formula is C12H15FO4. The molecule has 0 aliphatic carbocycles. The van der Waals surface area contributed by atoms with Crippen molar-refractivity contribution in [3.63, 3.8) is 0 Å². The molecule has 0 radical (unpaired) electrons. The SMILES string of the molecule is CCOC(=O)COc1cc(F)ccc1[C@H](C)O. The summed E-state index contributed by atoms with van der Waals surface area (Å²) < 4.78 is 22.8. The highest BCUT2D eigenvalue weighted by Crippen LogP contribution is 2.25. The lowest BCUT2D eigenvalue weighted by Gasteiger charge is -2.12. The molecule has 5 heteroatoms. The topological polar surface area (TPSA) is 55.8 Å². The summed E-state index contributed by atoms with van der Waals surface area (Å²) in [5.74, 6) is -0.880. The van der Waals surface area contributed by atoms with Gasteiger partial charge in [0.1, 0.15) is 11.6 Å². The van der Waals surface area contributed by atoms with Crippen LogP contribution < -0.4 is 4.74 Å². The maximum atomic E-state index is 13.0. The van der Waals surface area contributed by atoms with Gasteiger partial charge in [-0.1, -0.05) is 0 Å². The van der Waals surface area contributed by atoms with Gasteiger partial charge >= 0.3 is 5.97 Å². The van der Waals surface area contributed by atoms with E-state index < -0.39 is 17.9 Å².